The largest absolute Gasteiger partial charge is 0.320 e. The van der Waals surface area contributed by atoms with Gasteiger partial charge in [-0.05, 0) is 18.2 Å². The number of sulfonamides is 1. The predicted molar refractivity (Wildman–Crippen MR) is 80.0 cm³/mol. The van der Waals surface area contributed by atoms with Gasteiger partial charge in [0.2, 0.25) is 0 Å². The lowest BCUT2D eigenvalue weighted by atomic mass is 10.2. The number of hydrogen-bond acceptors (Lipinski definition) is 6. The van der Waals surface area contributed by atoms with E-state index in [1.807, 2.05) is 6.07 Å². The van der Waals surface area contributed by atoms with E-state index in [0.717, 1.165) is 11.3 Å². The smallest absolute Gasteiger partial charge is 0.263 e. The quantitative estimate of drug-likeness (QED) is 0.824. The minimum atomic E-state index is -3.78. The van der Waals surface area contributed by atoms with E-state index in [0.29, 0.717) is 4.88 Å². The second-order valence-corrected chi connectivity index (χ2v) is 6.49. The molecule has 0 aliphatic heterocycles. The minimum Gasteiger partial charge on any atom is -0.320 e. The predicted octanol–water partition coefficient (Wildman–Crippen LogP) is 1.13. The van der Waals surface area contributed by atoms with Crippen molar-refractivity contribution in [2.45, 2.75) is 4.90 Å². The summed E-state index contributed by atoms with van der Waals surface area (Å²) in [6.45, 7) is 0.222. The van der Waals surface area contributed by atoms with Crippen LogP contribution in [0.5, 0.6) is 0 Å². The van der Waals surface area contributed by atoms with Gasteiger partial charge in [0.05, 0.1) is 34.1 Å². The first-order valence-electron chi connectivity index (χ1n) is 5.73. The van der Waals surface area contributed by atoms with E-state index in [9.17, 15) is 8.42 Å². The van der Waals surface area contributed by atoms with Crippen LogP contribution in [0, 0.1) is 23.2 Å². The molecule has 0 saturated heterocycles. The Morgan fingerprint density at radius 2 is 2.24 bits per heavy atom. The van der Waals surface area contributed by atoms with Gasteiger partial charge in [0.15, 0.2) is 5.13 Å². The number of nitrogens with zero attached hydrogens (tertiary/aromatic N) is 2. The molecular weight excluding hydrogens is 308 g/mol. The summed E-state index contributed by atoms with van der Waals surface area (Å²) >= 11 is 1.11. The summed E-state index contributed by atoms with van der Waals surface area (Å²) in [6, 6.07) is 7.64. The summed E-state index contributed by atoms with van der Waals surface area (Å²) in [7, 11) is -3.78. The van der Waals surface area contributed by atoms with Gasteiger partial charge in [-0.1, -0.05) is 29.2 Å². The van der Waals surface area contributed by atoms with Crippen LogP contribution >= 0.6 is 11.3 Å². The zero-order chi connectivity index (χ0) is 15.3. The fourth-order valence-corrected chi connectivity index (χ4v) is 3.40. The number of nitrogens with one attached hydrogen (secondary N) is 1. The van der Waals surface area contributed by atoms with Crippen LogP contribution in [0.15, 0.2) is 35.4 Å². The molecule has 1 aromatic carbocycles. The molecule has 1 heterocycles. The highest BCUT2D eigenvalue weighted by Gasteiger charge is 2.16. The van der Waals surface area contributed by atoms with E-state index in [4.69, 9.17) is 11.0 Å². The van der Waals surface area contributed by atoms with Gasteiger partial charge < -0.3 is 5.73 Å². The first kappa shape index (κ1) is 15.0. The number of aromatic nitrogens is 1. The Morgan fingerprint density at radius 3 is 2.95 bits per heavy atom. The molecule has 106 valence electrons. The lowest BCUT2D eigenvalue weighted by Crippen LogP contribution is -2.12. The molecule has 2 aromatic rings. The van der Waals surface area contributed by atoms with Gasteiger partial charge in [-0.2, -0.15) is 5.26 Å². The van der Waals surface area contributed by atoms with E-state index >= 15 is 0 Å². The lowest BCUT2D eigenvalue weighted by Gasteiger charge is -2.04. The normalized spacial score (nSPS) is 10.3. The van der Waals surface area contributed by atoms with E-state index in [2.05, 4.69) is 21.5 Å². The molecule has 0 aliphatic carbocycles. The molecule has 0 unspecified atom stereocenters. The number of rotatable bonds is 3. The van der Waals surface area contributed by atoms with Crippen LogP contribution in [-0.2, 0) is 10.0 Å². The van der Waals surface area contributed by atoms with Crippen molar-refractivity contribution in [2.75, 3.05) is 11.3 Å². The van der Waals surface area contributed by atoms with E-state index < -0.39 is 10.0 Å². The van der Waals surface area contributed by atoms with Crippen LogP contribution < -0.4 is 10.5 Å². The Balaban J connectivity index is 2.25. The Morgan fingerprint density at radius 1 is 1.43 bits per heavy atom. The van der Waals surface area contributed by atoms with E-state index in [1.165, 1.54) is 30.5 Å². The Hall–Kier alpha value is -2.39. The highest BCUT2D eigenvalue weighted by molar-refractivity contribution is 7.93. The number of benzene rings is 1. The Labute approximate surface area is 126 Å². The van der Waals surface area contributed by atoms with Crippen molar-refractivity contribution in [1.82, 2.24) is 4.98 Å². The van der Waals surface area contributed by atoms with E-state index in [1.54, 1.807) is 0 Å². The summed E-state index contributed by atoms with van der Waals surface area (Å²) in [5, 5.41) is 9.01. The third kappa shape index (κ3) is 3.80. The van der Waals surface area contributed by atoms with Crippen molar-refractivity contribution >= 4 is 26.5 Å². The summed E-state index contributed by atoms with van der Waals surface area (Å²) in [6.07, 6.45) is 1.47. The van der Waals surface area contributed by atoms with Crippen molar-refractivity contribution in [3.8, 4) is 17.9 Å². The molecular formula is C13H10N4O2S2. The average Bonchev–Trinajstić information content (AvgIpc) is 2.92. The molecule has 1 aromatic heterocycles. The topological polar surface area (TPSA) is 109 Å². The van der Waals surface area contributed by atoms with Crippen molar-refractivity contribution in [3.05, 3.63) is 40.9 Å². The van der Waals surface area contributed by atoms with Crippen LogP contribution in [0.2, 0.25) is 0 Å². The second kappa shape index (κ2) is 6.37. The molecule has 0 radical (unpaired) electrons. The standard InChI is InChI=1S/C13H10N4O2S2/c14-6-2-4-11-9-16-13(20-11)17-21(18,19)12-5-1-3-10(7-12)8-15/h1,3,5,7,9H,6,14H2,(H,16,17). The summed E-state index contributed by atoms with van der Waals surface area (Å²) in [5.74, 6) is 5.43. The van der Waals surface area contributed by atoms with Gasteiger partial charge in [0.1, 0.15) is 0 Å². The van der Waals surface area contributed by atoms with Gasteiger partial charge >= 0.3 is 0 Å². The number of hydrogen-bond donors (Lipinski definition) is 2. The number of nitriles is 1. The Kier molecular flexibility index (Phi) is 4.55. The van der Waals surface area contributed by atoms with Crippen LogP contribution in [0.25, 0.3) is 0 Å². The second-order valence-electron chi connectivity index (χ2n) is 3.78. The fourth-order valence-electron chi connectivity index (χ4n) is 1.42. The van der Waals surface area contributed by atoms with Crippen LogP contribution in [0.4, 0.5) is 5.13 Å². The van der Waals surface area contributed by atoms with E-state index in [-0.39, 0.29) is 22.1 Å². The van der Waals surface area contributed by atoms with Gasteiger partial charge in [0, 0.05) is 0 Å². The van der Waals surface area contributed by atoms with Crippen molar-refractivity contribution in [1.29, 1.82) is 5.26 Å². The number of thiazole rings is 1. The maximum absolute atomic E-state index is 12.2. The van der Waals surface area contributed by atoms with Gasteiger partial charge in [0.25, 0.3) is 10.0 Å². The third-order valence-corrected chi connectivity index (χ3v) is 4.61. The molecule has 0 bridgehead atoms. The molecule has 6 nitrogen and oxygen atoms in total. The van der Waals surface area contributed by atoms with Crippen LogP contribution in [0.3, 0.4) is 0 Å². The summed E-state index contributed by atoms with van der Waals surface area (Å²) < 4.78 is 26.7. The zero-order valence-electron chi connectivity index (χ0n) is 10.7. The Bertz CT molecular complexity index is 854. The molecule has 21 heavy (non-hydrogen) atoms. The number of anilines is 1. The van der Waals surface area contributed by atoms with Crippen LogP contribution in [0.1, 0.15) is 10.4 Å². The van der Waals surface area contributed by atoms with Gasteiger partial charge in [-0.25, -0.2) is 13.4 Å². The maximum atomic E-state index is 12.2. The molecule has 0 aliphatic rings. The molecule has 2 rings (SSSR count). The van der Waals surface area contributed by atoms with Crippen molar-refractivity contribution in [2.24, 2.45) is 5.73 Å². The SMILES string of the molecule is N#Cc1cccc(S(=O)(=O)Nc2ncc(C#CCN)s2)c1. The fraction of sp³-hybridized carbons (Fsp3) is 0.0769. The van der Waals surface area contributed by atoms with Crippen molar-refractivity contribution < 1.29 is 8.42 Å². The summed E-state index contributed by atoms with van der Waals surface area (Å²) in [5.41, 5.74) is 5.53. The molecule has 0 fully saturated rings. The van der Waals surface area contributed by atoms with Gasteiger partial charge in [-0.3, -0.25) is 4.72 Å². The monoisotopic (exact) mass is 318 g/mol. The zero-order valence-corrected chi connectivity index (χ0v) is 12.3. The molecule has 0 spiro atoms. The van der Waals surface area contributed by atoms with Crippen LogP contribution in [-0.4, -0.2) is 19.9 Å². The lowest BCUT2D eigenvalue weighted by molar-refractivity contribution is 0.601. The molecule has 8 heteroatoms. The third-order valence-electron chi connectivity index (χ3n) is 2.31. The highest BCUT2D eigenvalue weighted by atomic mass is 32.2. The minimum absolute atomic E-state index is 0.00587. The summed E-state index contributed by atoms with van der Waals surface area (Å²) in [4.78, 5) is 4.56. The maximum Gasteiger partial charge on any atom is 0.263 e. The molecule has 0 saturated carbocycles. The molecule has 0 atom stereocenters. The molecule has 3 N–H and O–H groups in total. The number of nitrogens with two attached hydrogens (primary N) is 1. The molecule has 0 amide bonds. The van der Waals surface area contributed by atoms with Crippen molar-refractivity contribution in [3.63, 3.8) is 0 Å². The van der Waals surface area contributed by atoms with Gasteiger partial charge in [-0.15, -0.1) is 0 Å². The first-order valence-corrected chi connectivity index (χ1v) is 8.03. The average molecular weight is 318 g/mol. The first-order chi connectivity index (χ1) is 10.0. The highest BCUT2D eigenvalue weighted by Crippen LogP contribution is 2.21.